The fourth-order valence-corrected chi connectivity index (χ4v) is 2.91. The fraction of sp³-hybridized carbons (Fsp3) is 0.188. The molecule has 1 amide bonds. The first-order chi connectivity index (χ1) is 9.66. The second-order valence-corrected chi connectivity index (χ2v) is 5.73. The zero-order valence-corrected chi connectivity index (χ0v) is 11.8. The predicted molar refractivity (Wildman–Crippen MR) is 81.4 cm³/mol. The van der Waals surface area contributed by atoms with Gasteiger partial charge in [-0.2, -0.15) is 0 Å². The van der Waals surface area contributed by atoms with Gasteiger partial charge in [-0.05, 0) is 24.1 Å². The maximum absolute atomic E-state index is 11.6. The van der Waals surface area contributed by atoms with Gasteiger partial charge in [0.2, 0.25) is 5.91 Å². The van der Waals surface area contributed by atoms with Crippen LogP contribution < -0.4 is 5.73 Å². The molecule has 0 aliphatic rings. The van der Waals surface area contributed by atoms with Gasteiger partial charge in [-0.25, -0.2) is 0 Å². The molecule has 2 atom stereocenters. The maximum Gasteiger partial charge on any atom is 0.233 e. The molecule has 2 unspecified atom stereocenters. The minimum Gasteiger partial charge on any atom is -0.391 e. The lowest BCUT2D eigenvalue weighted by atomic mass is 10.1. The Morgan fingerprint density at radius 2 is 1.60 bits per heavy atom. The Balaban J connectivity index is 2.06. The molecule has 0 fully saturated rings. The van der Waals surface area contributed by atoms with Gasteiger partial charge < -0.3 is 10.8 Å². The molecular weight excluding hydrogens is 270 g/mol. The van der Waals surface area contributed by atoms with Crippen LogP contribution in [-0.4, -0.2) is 22.4 Å². The summed E-state index contributed by atoms with van der Waals surface area (Å²) in [6.45, 7) is 0. The van der Waals surface area contributed by atoms with Crippen molar-refractivity contribution >= 4 is 17.7 Å². The number of hydrogen-bond donors (Lipinski definition) is 2. The van der Waals surface area contributed by atoms with E-state index in [1.807, 2.05) is 60.7 Å². The monoisotopic (exact) mass is 287 g/mol. The number of hydrogen-bond acceptors (Lipinski definition) is 3. The third kappa shape index (κ3) is 4.11. The molecule has 3 nitrogen and oxygen atoms in total. The predicted octanol–water partition coefficient (Wildman–Crippen LogP) is 2.24. The average Bonchev–Trinajstić information content (AvgIpc) is 2.46. The second kappa shape index (κ2) is 7.12. The van der Waals surface area contributed by atoms with E-state index in [9.17, 15) is 9.90 Å². The largest absolute Gasteiger partial charge is 0.391 e. The first-order valence-corrected chi connectivity index (χ1v) is 7.28. The quantitative estimate of drug-likeness (QED) is 0.801. The third-order valence-electron chi connectivity index (χ3n) is 2.92. The van der Waals surface area contributed by atoms with Crippen LogP contribution in [0.1, 0.15) is 5.56 Å². The molecule has 20 heavy (non-hydrogen) atoms. The van der Waals surface area contributed by atoms with Crippen LogP contribution in [0.5, 0.6) is 0 Å². The number of carbonyl (C=O) groups is 1. The normalized spacial score (nSPS) is 13.7. The zero-order valence-electron chi connectivity index (χ0n) is 11.0. The van der Waals surface area contributed by atoms with E-state index in [-0.39, 0.29) is 0 Å². The molecule has 2 aromatic carbocycles. The van der Waals surface area contributed by atoms with E-state index in [1.54, 1.807) is 0 Å². The Morgan fingerprint density at radius 3 is 2.15 bits per heavy atom. The van der Waals surface area contributed by atoms with Gasteiger partial charge in [-0.3, -0.25) is 4.79 Å². The molecular formula is C16H17NO2S. The van der Waals surface area contributed by atoms with Crippen molar-refractivity contribution in [2.24, 2.45) is 5.73 Å². The summed E-state index contributed by atoms with van der Waals surface area (Å²) in [7, 11) is 0. The van der Waals surface area contributed by atoms with Crippen LogP contribution in [-0.2, 0) is 11.2 Å². The number of nitrogens with two attached hydrogens (primary N) is 1. The minimum absolute atomic E-state index is 0.411. The van der Waals surface area contributed by atoms with Crippen LogP contribution in [0.15, 0.2) is 65.6 Å². The molecule has 3 N–H and O–H groups in total. The zero-order chi connectivity index (χ0) is 14.4. The molecule has 0 spiro atoms. The lowest BCUT2D eigenvalue weighted by Crippen LogP contribution is -2.37. The van der Waals surface area contributed by atoms with E-state index in [0.717, 1.165) is 10.5 Å². The van der Waals surface area contributed by atoms with E-state index >= 15 is 0 Å². The number of primary amides is 1. The van der Waals surface area contributed by atoms with Gasteiger partial charge in [0.05, 0.1) is 6.10 Å². The van der Waals surface area contributed by atoms with Crippen LogP contribution in [0.25, 0.3) is 0 Å². The number of carbonyl (C=O) groups excluding carboxylic acids is 1. The van der Waals surface area contributed by atoms with Crippen LogP contribution >= 0.6 is 11.8 Å². The summed E-state index contributed by atoms with van der Waals surface area (Å²) in [5, 5.41) is 9.62. The summed E-state index contributed by atoms with van der Waals surface area (Å²) >= 11 is 1.30. The number of benzene rings is 2. The van der Waals surface area contributed by atoms with Gasteiger partial charge in [-0.15, -0.1) is 11.8 Å². The van der Waals surface area contributed by atoms with Gasteiger partial charge in [0.15, 0.2) is 0 Å². The summed E-state index contributed by atoms with van der Waals surface area (Å²) < 4.78 is 0. The first kappa shape index (κ1) is 14.6. The smallest absolute Gasteiger partial charge is 0.233 e. The van der Waals surface area contributed by atoms with E-state index < -0.39 is 17.3 Å². The molecule has 2 rings (SSSR count). The van der Waals surface area contributed by atoms with Gasteiger partial charge in [-0.1, -0.05) is 48.5 Å². The highest BCUT2D eigenvalue weighted by Crippen LogP contribution is 2.26. The highest BCUT2D eigenvalue weighted by molar-refractivity contribution is 8.00. The van der Waals surface area contributed by atoms with Crippen molar-refractivity contribution in [3.63, 3.8) is 0 Å². The van der Waals surface area contributed by atoms with Gasteiger partial charge in [0.1, 0.15) is 5.25 Å². The number of aliphatic hydroxyl groups excluding tert-OH is 1. The molecule has 0 aliphatic heterocycles. The molecule has 0 saturated carbocycles. The van der Waals surface area contributed by atoms with Crippen molar-refractivity contribution in [1.82, 2.24) is 0 Å². The summed E-state index contributed by atoms with van der Waals surface area (Å²) in [5.74, 6) is -0.498. The Morgan fingerprint density at radius 1 is 1.05 bits per heavy atom. The number of amides is 1. The first-order valence-electron chi connectivity index (χ1n) is 6.40. The molecule has 0 aliphatic carbocycles. The Hall–Kier alpha value is -1.78. The maximum atomic E-state index is 11.6. The Kier molecular flexibility index (Phi) is 5.21. The van der Waals surface area contributed by atoms with Crippen molar-refractivity contribution in [2.45, 2.75) is 22.7 Å². The third-order valence-corrected chi connectivity index (χ3v) is 4.27. The number of rotatable bonds is 6. The van der Waals surface area contributed by atoms with Gasteiger partial charge in [0.25, 0.3) is 0 Å². The van der Waals surface area contributed by atoms with Crippen molar-refractivity contribution < 1.29 is 9.90 Å². The molecule has 0 saturated heterocycles. The van der Waals surface area contributed by atoms with E-state index in [4.69, 9.17) is 5.73 Å². The van der Waals surface area contributed by atoms with Crippen molar-refractivity contribution in [3.8, 4) is 0 Å². The molecule has 0 aromatic heterocycles. The van der Waals surface area contributed by atoms with E-state index in [1.165, 1.54) is 11.8 Å². The van der Waals surface area contributed by atoms with Crippen LogP contribution in [0.3, 0.4) is 0 Å². The lowest BCUT2D eigenvalue weighted by molar-refractivity contribution is -0.119. The summed E-state index contributed by atoms with van der Waals surface area (Å²) in [6.07, 6.45) is -0.394. The van der Waals surface area contributed by atoms with Gasteiger partial charge >= 0.3 is 0 Å². The Labute approximate surface area is 122 Å². The molecule has 0 bridgehead atoms. The van der Waals surface area contributed by atoms with Crippen molar-refractivity contribution in [3.05, 3.63) is 66.2 Å². The topological polar surface area (TPSA) is 63.3 Å². The fourth-order valence-electron chi connectivity index (χ4n) is 1.93. The van der Waals surface area contributed by atoms with Crippen LogP contribution in [0, 0.1) is 0 Å². The van der Waals surface area contributed by atoms with Crippen molar-refractivity contribution in [1.29, 1.82) is 0 Å². The van der Waals surface area contributed by atoms with Crippen LogP contribution in [0.4, 0.5) is 0 Å². The van der Waals surface area contributed by atoms with E-state index in [0.29, 0.717) is 6.42 Å². The Bertz CT molecular complexity index is 545. The molecule has 4 heteroatoms. The standard InChI is InChI=1S/C16H17NO2S/c17-16(19)15(20-13-9-5-2-6-10-13)14(18)11-12-7-3-1-4-8-12/h1-10,14-15,18H,11H2,(H2,17,19). The summed E-state index contributed by atoms with van der Waals surface area (Å²) in [4.78, 5) is 12.5. The lowest BCUT2D eigenvalue weighted by Gasteiger charge is -2.19. The van der Waals surface area contributed by atoms with E-state index in [2.05, 4.69) is 0 Å². The molecule has 0 heterocycles. The number of aliphatic hydroxyl groups is 1. The average molecular weight is 287 g/mol. The molecule has 0 radical (unpaired) electrons. The highest BCUT2D eigenvalue weighted by Gasteiger charge is 2.26. The van der Waals surface area contributed by atoms with Gasteiger partial charge in [0, 0.05) is 4.90 Å². The van der Waals surface area contributed by atoms with Crippen molar-refractivity contribution in [2.75, 3.05) is 0 Å². The number of thioether (sulfide) groups is 1. The SMILES string of the molecule is NC(=O)C(Sc1ccccc1)C(O)Cc1ccccc1. The molecule has 104 valence electrons. The highest BCUT2D eigenvalue weighted by atomic mass is 32.2. The summed E-state index contributed by atoms with van der Waals surface area (Å²) in [5.41, 5.74) is 6.41. The minimum atomic E-state index is -0.805. The van der Waals surface area contributed by atoms with Crippen LogP contribution in [0.2, 0.25) is 0 Å². The second-order valence-electron chi connectivity index (χ2n) is 4.51. The molecule has 2 aromatic rings. The summed E-state index contributed by atoms with van der Waals surface area (Å²) in [6, 6.07) is 19.1.